The predicted molar refractivity (Wildman–Crippen MR) is 115 cm³/mol. The third kappa shape index (κ3) is 4.14. The smallest absolute Gasteiger partial charge is 0.164 e. The van der Waals surface area contributed by atoms with E-state index >= 15 is 0 Å². The molecule has 1 fully saturated rings. The normalized spacial score (nSPS) is 23.4. The second kappa shape index (κ2) is 7.32. The van der Waals surface area contributed by atoms with Crippen molar-refractivity contribution in [2.45, 2.75) is 24.8 Å². The summed E-state index contributed by atoms with van der Waals surface area (Å²) in [5.74, 6) is 0.951. The molecule has 0 radical (unpaired) electrons. The molecule has 2 aromatic rings. The van der Waals surface area contributed by atoms with Gasteiger partial charge in [0.15, 0.2) is 15.0 Å². The van der Waals surface area contributed by atoms with Gasteiger partial charge in [-0.05, 0) is 30.7 Å². The molecule has 0 aliphatic carbocycles. The average Bonchev–Trinajstić information content (AvgIpc) is 3.04. The number of nitrogens with zero attached hydrogens (tertiary/aromatic N) is 2. The SMILES string of the molecule is Cc1ccc(CSC2=N[C@H]3CS(=O)(=O)C[C@H]3N2c2cc(Cl)cc(Cl)c2)cc1. The van der Waals surface area contributed by atoms with Gasteiger partial charge in [0.05, 0.1) is 23.6 Å². The lowest BCUT2D eigenvalue weighted by Crippen LogP contribution is -2.39. The molecule has 0 spiro atoms. The highest BCUT2D eigenvalue weighted by Gasteiger charge is 2.47. The summed E-state index contributed by atoms with van der Waals surface area (Å²) in [6, 6.07) is 13.2. The Morgan fingerprint density at radius 3 is 2.44 bits per heavy atom. The lowest BCUT2D eigenvalue weighted by atomic mass is 10.1. The molecule has 2 heterocycles. The van der Waals surface area contributed by atoms with Crippen LogP contribution in [0.5, 0.6) is 0 Å². The number of thioether (sulfide) groups is 1. The highest BCUT2D eigenvalue weighted by Crippen LogP contribution is 2.37. The topological polar surface area (TPSA) is 49.7 Å². The van der Waals surface area contributed by atoms with Gasteiger partial charge >= 0.3 is 0 Å². The summed E-state index contributed by atoms with van der Waals surface area (Å²) in [5.41, 5.74) is 3.20. The zero-order chi connectivity index (χ0) is 19.2. The van der Waals surface area contributed by atoms with E-state index in [1.807, 2.05) is 17.0 Å². The summed E-state index contributed by atoms with van der Waals surface area (Å²) < 4.78 is 24.2. The number of amidine groups is 1. The van der Waals surface area contributed by atoms with Crippen LogP contribution in [0.25, 0.3) is 0 Å². The van der Waals surface area contributed by atoms with Crippen molar-refractivity contribution in [3.8, 4) is 0 Å². The van der Waals surface area contributed by atoms with Crippen molar-refractivity contribution >= 4 is 55.7 Å². The molecule has 2 aromatic carbocycles. The minimum Gasteiger partial charge on any atom is -0.315 e. The molecule has 2 aliphatic heterocycles. The molecule has 8 heteroatoms. The third-order valence-electron chi connectivity index (χ3n) is 4.72. The van der Waals surface area contributed by atoms with E-state index in [4.69, 9.17) is 28.2 Å². The monoisotopic (exact) mass is 440 g/mol. The molecule has 0 aromatic heterocycles. The number of fused-ring (bicyclic) bond motifs is 1. The van der Waals surface area contributed by atoms with Gasteiger partial charge in [-0.15, -0.1) is 0 Å². The first kappa shape index (κ1) is 19.1. The van der Waals surface area contributed by atoms with Crippen molar-refractivity contribution in [3.63, 3.8) is 0 Å². The van der Waals surface area contributed by atoms with Crippen LogP contribution in [0.3, 0.4) is 0 Å². The molecule has 0 amide bonds. The van der Waals surface area contributed by atoms with Crippen molar-refractivity contribution in [2.75, 3.05) is 16.4 Å². The Morgan fingerprint density at radius 1 is 1.11 bits per heavy atom. The third-order valence-corrected chi connectivity index (χ3v) is 7.89. The van der Waals surface area contributed by atoms with Crippen LogP contribution >= 0.6 is 35.0 Å². The van der Waals surface area contributed by atoms with Gasteiger partial charge in [0.1, 0.15) is 0 Å². The van der Waals surface area contributed by atoms with Gasteiger partial charge in [0.2, 0.25) is 0 Å². The van der Waals surface area contributed by atoms with Gasteiger partial charge in [0, 0.05) is 21.5 Å². The number of aliphatic imine (C=N–C) groups is 1. The second-order valence-corrected chi connectivity index (χ2v) is 10.9. The molecule has 4 nitrogen and oxygen atoms in total. The number of sulfone groups is 1. The predicted octanol–water partition coefficient (Wildman–Crippen LogP) is 4.58. The first-order chi connectivity index (χ1) is 12.8. The van der Waals surface area contributed by atoms with Crippen LogP contribution < -0.4 is 4.90 Å². The van der Waals surface area contributed by atoms with Crippen molar-refractivity contribution in [2.24, 2.45) is 4.99 Å². The number of halogens is 2. The lowest BCUT2D eigenvalue weighted by Gasteiger charge is -2.27. The molecular weight excluding hydrogens is 423 g/mol. The second-order valence-electron chi connectivity index (χ2n) is 6.90. The Bertz CT molecular complexity index is 987. The van der Waals surface area contributed by atoms with Crippen molar-refractivity contribution < 1.29 is 8.42 Å². The quantitative estimate of drug-likeness (QED) is 0.700. The summed E-state index contributed by atoms with van der Waals surface area (Å²) in [5, 5.41) is 1.85. The fourth-order valence-electron chi connectivity index (χ4n) is 3.45. The minimum absolute atomic E-state index is 0.0943. The molecule has 0 saturated carbocycles. The largest absolute Gasteiger partial charge is 0.315 e. The van der Waals surface area contributed by atoms with E-state index in [-0.39, 0.29) is 23.6 Å². The van der Waals surface area contributed by atoms with Crippen LogP contribution in [0, 0.1) is 6.92 Å². The Labute approximate surface area is 173 Å². The maximum absolute atomic E-state index is 12.1. The zero-order valence-electron chi connectivity index (χ0n) is 14.6. The number of benzene rings is 2. The minimum atomic E-state index is -3.09. The molecule has 0 N–H and O–H groups in total. The van der Waals surface area contributed by atoms with Gasteiger partial charge in [-0.3, -0.25) is 4.99 Å². The first-order valence-electron chi connectivity index (χ1n) is 8.53. The van der Waals surface area contributed by atoms with E-state index < -0.39 is 9.84 Å². The van der Waals surface area contributed by atoms with E-state index in [1.54, 1.807) is 17.8 Å². The fourth-order valence-corrected chi connectivity index (χ4v) is 6.88. The molecule has 4 rings (SSSR count). The summed E-state index contributed by atoms with van der Waals surface area (Å²) >= 11 is 14.0. The van der Waals surface area contributed by atoms with Crippen LogP contribution in [-0.2, 0) is 15.6 Å². The Balaban J connectivity index is 1.64. The van der Waals surface area contributed by atoms with Crippen LogP contribution in [0.15, 0.2) is 47.5 Å². The average molecular weight is 441 g/mol. The van der Waals surface area contributed by atoms with Crippen LogP contribution in [0.1, 0.15) is 11.1 Å². The van der Waals surface area contributed by atoms with Crippen LogP contribution in [0.4, 0.5) is 5.69 Å². The highest BCUT2D eigenvalue weighted by atomic mass is 35.5. The number of aryl methyl sites for hydroxylation is 1. The first-order valence-corrected chi connectivity index (χ1v) is 12.1. The van der Waals surface area contributed by atoms with Crippen molar-refractivity contribution in [1.82, 2.24) is 0 Å². The number of anilines is 1. The fraction of sp³-hybridized carbons (Fsp3) is 0.316. The van der Waals surface area contributed by atoms with E-state index in [1.165, 1.54) is 11.1 Å². The molecule has 0 bridgehead atoms. The standard InChI is InChI=1S/C19H18Cl2N2O2S2/c1-12-2-4-13(5-3-12)9-26-19-22-17-10-27(24,25)11-18(17)23(19)16-7-14(20)6-15(21)8-16/h2-8,17-18H,9-11H2,1H3/t17-,18+/m0/s1. The van der Waals surface area contributed by atoms with E-state index in [2.05, 4.69) is 31.2 Å². The molecule has 0 unspecified atom stereocenters. The van der Waals surface area contributed by atoms with Crippen LogP contribution in [0.2, 0.25) is 10.0 Å². The van der Waals surface area contributed by atoms with Gasteiger partial charge in [-0.25, -0.2) is 8.42 Å². The maximum atomic E-state index is 12.1. The molecule has 27 heavy (non-hydrogen) atoms. The molecule has 2 aliphatic rings. The van der Waals surface area contributed by atoms with Gasteiger partial charge < -0.3 is 4.90 Å². The number of hydrogen-bond acceptors (Lipinski definition) is 5. The van der Waals surface area contributed by atoms with Crippen molar-refractivity contribution in [1.29, 1.82) is 0 Å². The highest BCUT2D eigenvalue weighted by molar-refractivity contribution is 8.13. The molecule has 142 valence electrons. The number of hydrogen-bond donors (Lipinski definition) is 0. The van der Waals surface area contributed by atoms with E-state index in [0.717, 1.165) is 16.6 Å². The number of rotatable bonds is 3. The summed E-state index contributed by atoms with van der Waals surface area (Å²) in [4.78, 5) is 6.73. The van der Waals surface area contributed by atoms with Crippen molar-refractivity contribution in [3.05, 3.63) is 63.6 Å². The lowest BCUT2D eigenvalue weighted by molar-refractivity contribution is 0.601. The molecular formula is C19H18Cl2N2O2S2. The van der Waals surface area contributed by atoms with Gasteiger partial charge in [-0.1, -0.05) is 64.8 Å². The molecule has 1 saturated heterocycles. The Morgan fingerprint density at radius 2 is 1.78 bits per heavy atom. The maximum Gasteiger partial charge on any atom is 0.164 e. The van der Waals surface area contributed by atoms with Gasteiger partial charge in [0.25, 0.3) is 0 Å². The zero-order valence-corrected chi connectivity index (χ0v) is 17.7. The summed E-state index contributed by atoms with van der Waals surface area (Å²) in [6.07, 6.45) is 0. The summed E-state index contributed by atoms with van der Waals surface area (Å²) in [6.45, 7) is 2.06. The summed E-state index contributed by atoms with van der Waals surface area (Å²) in [7, 11) is -3.09. The van der Waals surface area contributed by atoms with E-state index in [9.17, 15) is 8.42 Å². The Hall–Kier alpha value is -1.21. The molecule has 2 atom stereocenters. The van der Waals surface area contributed by atoms with Gasteiger partial charge in [-0.2, -0.15) is 0 Å². The van der Waals surface area contributed by atoms with Crippen LogP contribution in [-0.4, -0.2) is 37.2 Å². The van der Waals surface area contributed by atoms with E-state index in [0.29, 0.717) is 10.0 Å². The Kier molecular flexibility index (Phi) is 5.18.